The van der Waals surface area contributed by atoms with Gasteiger partial charge in [-0.2, -0.15) is 0 Å². The molecule has 26 heavy (non-hydrogen) atoms. The molecule has 1 aromatic carbocycles. The molecule has 0 unspecified atom stereocenters. The Morgan fingerprint density at radius 3 is 2.58 bits per heavy atom. The lowest BCUT2D eigenvalue weighted by Gasteiger charge is -2.29. The SMILES string of the molecule is CC(C)(CCCN1CCC=C(c2cccs2)C1)S(=O)(=O)c1ccccc1. The van der Waals surface area contributed by atoms with E-state index in [1.165, 1.54) is 10.5 Å². The van der Waals surface area contributed by atoms with Crippen molar-refractivity contribution >= 4 is 26.7 Å². The molecule has 140 valence electrons. The van der Waals surface area contributed by atoms with E-state index >= 15 is 0 Å². The van der Waals surface area contributed by atoms with Crippen LogP contribution in [0.3, 0.4) is 0 Å². The monoisotopic (exact) mass is 389 g/mol. The summed E-state index contributed by atoms with van der Waals surface area (Å²) in [5, 5.41) is 2.12. The predicted molar refractivity (Wildman–Crippen MR) is 110 cm³/mol. The van der Waals surface area contributed by atoms with Crippen LogP contribution in [0.4, 0.5) is 0 Å². The van der Waals surface area contributed by atoms with E-state index in [4.69, 9.17) is 0 Å². The van der Waals surface area contributed by atoms with Crippen molar-refractivity contribution in [2.45, 2.75) is 42.8 Å². The molecule has 0 fully saturated rings. The number of sulfone groups is 1. The molecule has 5 heteroatoms. The molecule has 0 aliphatic carbocycles. The van der Waals surface area contributed by atoms with Crippen LogP contribution in [0.2, 0.25) is 0 Å². The molecule has 0 saturated heterocycles. The van der Waals surface area contributed by atoms with E-state index in [1.54, 1.807) is 35.6 Å². The molecular formula is C21H27NO2S2. The fourth-order valence-corrected chi connectivity index (χ4v) is 5.74. The van der Waals surface area contributed by atoms with E-state index < -0.39 is 14.6 Å². The third kappa shape index (κ3) is 4.27. The Balaban J connectivity index is 1.57. The number of hydrogen-bond donors (Lipinski definition) is 0. The fraction of sp³-hybridized carbons (Fsp3) is 0.429. The van der Waals surface area contributed by atoms with Crippen LogP contribution < -0.4 is 0 Å². The lowest BCUT2D eigenvalue weighted by molar-refractivity contribution is 0.292. The Bertz CT molecular complexity index is 837. The third-order valence-corrected chi connectivity index (χ3v) is 8.60. The normalized spacial score (nSPS) is 16.5. The quantitative estimate of drug-likeness (QED) is 0.678. The standard InChI is InChI=1S/C21H27NO2S2/c1-21(2,26(23,24)19-10-4-3-5-11-19)13-8-15-22-14-6-9-18(17-22)20-12-7-16-25-20/h3-5,7,9-12,16H,6,8,13-15,17H2,1-2H3. The second kappa shape index (κ2) is 8.07. The van der Waals surface area contributed by atoms with Crippen LogP contribution in [0.1, 0.15) is 38.0 Å². The molecule has 2 heterocycles. The van der Waals surface area contributed by atoms with Crippen molar-refractivity contribution in [1.29, 1.82) is 0 Å². The molecule has 2 aromatic rings. The molecule has 3 nitrogen and oxygen atoms in total. The molecule has 0 saturated carbocycles. The Morgan fingerprint density at radius 1 is 1.12 bits per heavy atom. The molecular weight excluding hydrogens is 362 g/mol. The first kappa shape index (κ1) is 19.3. The number of hydrogen-bond acceptors (Lipinski definition) is 4. The molecule has 1 aromatic heterocycles. The van der Waals surface area contributed by atoms with Gasteiger partial charge in [0.15, 0.2) is 9.84 Å². The summed E-state index contributed by atoms with van der Waals surface area (Å²) in [6, 6.07) is 13.1. The lowest BCUT2D eigenvalue weighted by Crippen LogP contribution is -2.35. The van der Waals surface area contributed by atoms with E-state index in [0.29, 0.717) is 11.3 Å². The molecule has 0 spiro atoms. The van der Waals surface area contributed by atoms with Gasteiger partial charge >= 0.3 is 0 Å². The second-order valence-corrected chi connectivity index (χ2v) is 11.0. The molecule has 0 amide bonds. The minimum atomic E-state index is -3.32. The van der Waals surface area contributed by atoms with Gasteiger partial charge in [0.05, 0.1) is 9.64 Å². The zero-order chi connectivity index (χ0) is 18.6. The van der Waals surface area contributed by atoms with Crippen molar-refractivity contribution in [3.8, 4) is 0 Å². The number of thiophene rings is 1. The van der Waals surface area contributed by atoms with Gasteiger partial charge in [0.25, 0.3) is 0 Å². The minimum absolute atomic E-state index is 0.422. The van der Waals surface area contributed by atoms with E-state index in [2.05, 4.69) is 28.5 Å². The summed E-state index contributed by atoms with van der Waals surface area (Å²) in [7, 11) is -3.32. The summed E-state index contributed by atoms with van der Waals surface area (Å²) in [5.41, 5.74) is 1.41. The molecule has 0 N–H and O–H groups in total. The first-order valence-corrected chi connectivity index (χ1v) is 11.5. The summed E-state index contributed by atoms with van der Waals surface area (Å²) in [5.74, 6) is 0. The van der Waals surface area contributed by atoms with Gasteiger partial charge in [0.2, 0.25) is 0 Å². The molecule has 0 radical (unpaired) electrons. The molecule has 1 aliphatic heterocycles. The number of nitrogens with zero attached hydrogens (tertiary/aromatic N) is 1. The van der Waals surface area contributed by atoms with Gasteiger partial charge in [0, 0.05) is 18.0 Å². The van der Waals surface area contributed by atoms with Gasteiger partial charge in [0.1, 0.15) is 0 Å². The molecule has 0 bridgehead atoms. The summed E-state index contributed by atoms with van der Waals surface area (Å²) in [6.45, 7) is 6.66. The van der Waals surface area contributed by atoms with Crippen molar-refractivity contribution in [3.05, 3.63) is 58.8 Å². The maximum absolute atomic E-state index is 12.9. The summed E-state index contributed by atoms with van der Waals surface area (Å²) >= 11 is 1.79. The summed E-state index contributed by atoms with van der Waals surface area (Å²) < 4.78 is 25.1. The van der Waals surface area contributed by atoms with Crippen LogP contribution in [0.25, 0.3) is 5.57 Å². The highest BCUT2D eigenvalue weighted by molar-refractivity contribution is 7.92. The zero-order valence-corrected chi connectivity index (χ0v) is 17.2. The first-order chi connectivity index (χ1) is 12.4. The Hall–Kier alpha value is -1.43. The van der Waals surface area contributed by atoms with Crippen LogP contribution in [-0.4, -0.2) is 37.7 Å². The minimum Gasteiger partial charge on any atom is -0.299 e. The van der Waals surface area contributed by atoms with Crippen LogP contribution in [0.5, 0.6) is 0 Å². The molecule has 0 atom stereocenters. The van der Waals surface area contributed by atoms with E-state index in [9.17, 15) is 8.42 Å². The van der Waals surface area contributed by atoms with E-state index in [-0.39, 0.29) is 0 Å². The van der Waals surface area contributed by atoms with Crippen LogP contribution in [0, 0.1) is 0 Å². The van der Waals surface area contributed by atoms with Crippen LogP contribution >= 0.6 is 11.3 Å². The summed E-state index contributed by atoms with van der Waals surface area (Å²) in [4.78, 5) is 4.22. The summed E-state index contributed by atoms with van der Waals surface area (Å²) in [6.07, 6.45) is 4.96. The zero-order valence-electron chi connectivity index (χ0n) is 15.5. The molecule has 3 rings (SSSR count). The second-order valence-electron chi connectivity index (χ2n) is 7.45. The van der Waals surface area contributed by atoms with Gasteiger partial charge in [-0.1, -0.05) is 30.3 Å². The van der Waals surface area contributed by atoms with Crippen LogP contribution in [-0.2, 0) is 9.84 Å². The predicted octanol–water partition coefficient (Wildman–Crippen LogP) is 4.87. The first-order valence-electron chi connectivity index (χ1n) is 9.15. The highest BCUT2D eigenvalue weighted by atomic mass is 32.2. The fourth-order valence-electron chi connectivity index (χ4n) is 3.42. The van der Waals surface area contributed by atoms with Crippen LogP contribution in [0.15, 0.2) is 58.8 Å². The Labute approximate surface area is 161 Å². The number of rotatable bonds is 7. The number of benzene rings is 1. The van der Waals surface area contributed by atoms with Crippen molar-refractivity contribution in [1.82, 2.24) is 4.90 Å². The van der Waals surface area contributed by atoms with Crippen molar-refractivity contribution in [2.75, 3.05) is 19.6 Å². The van der Waals surface area contributed by atoms with Crippen molar-refractivity contribution in [2.24, 2.45) is 0 Å². The highest BCUT2D eigenvalue weighted by Gasteiger charge is 2.35. The maximum Gasteiger partial charge on any atom is 0.183 e. The largest absolute Gasteiger partial charge is 0.299 e. The van der Waals surface area contributed by atoms with E-state index in [0.717, 1.165) is 32.5 Å². The van der Waals surface area contributed by atoms with Gasteiger partial charge in [-0.15, -0.1) is 11.3 Å². The van der Waals surface area contributed by atoms with Gasteiger partial charge in [-0.3, -0.25) is 4.90 Å². The Morgan fingerprint density at radius 2 is 1.88 bits per heavy atom. The lowest BCUT2D eigenvalue weighted by atomic mass is 10.0. The average Bonchev–Trinajstić information content (AvgIpc) is 3.17. The van der Waals surface area contributed by atoms with Gasteiger partial charge in [-0.05, 0) is 68.8 Å². The topological polar surface area (TPSA) is 37.4 Å². The highest BCUT2D eigenvalue weighted by Crippen LogP contribution is 2.30. The van der Waals surface area contributed by atoms with Crippen molar-refractivity contribution in [3.63, 3.8) is 0 Å². The van der Waals surface area contributed by atoms with Gasteiger partial charge in [-0.25, -0.2) is 8.42 Å². The van der Waals surface area contributed by atoms with Crippen molar-refractivity contribution < 1.29 is 8.42 Å². The van der Waals surface area contributed by atoms with E-state index in [1.807, 2.05) is 19.9 Å². The maximum atomic E-state index is 12.9. The third-order valence-electron chi connectivity index (χ3n) is 5.10. The van der Waals surface area contributed by atoms with Gasteiger partial charge < -0.3 is 0 Å². The average molecular weight is 390 g/mol. The smallest absolute Gasteiger partial charge is 0.183 e. The molecule has 1 aliphatic rings. The Kier molecular flexibility index (Phi) is 6.00.